The number of nitrogens with zero attached hydrogens (tertiary/aromatic N) is 5. The first-order valence-electron chi connectivity index (χ1n) is 12.7. The van der Waals surface area contributed by atoms with Crippen LogP contribution in [0.25, 0.3) is 0 Å². The van der Waals surface area contributed by atoms with Crippen LogP contribution < -0.4 is 14.5 Å². The summed E-state index contributed by atoms with van der Waals surface area (Å²) in [6.07, 6.45) is 6.26. The molecule has 2 aromatic heterocycles. The molecule has 0 aliphatic carbocycles. The van der Waals surface area contributed by atoms with Crippen molar-refractivity contribution < 1.29 is 14.3 Å². The second kappa shape index (κ2) is 15.8. The van der Waals surface area contributed by atoms with E-state index in [0.717, 1.165) is 37.4 Å². The van der Waals surface area contributed by atoms with Crippen LogP contribution in [0.3, 0.4) is 0 Å². The van der Waals surface area contributed by atoms with E-state index in [1.54, 1.807) is 30.7 Å². The molecule has 0 bridgehead atoms. The molecule has 0 saturated heterocycles. The molecule has 40 heavy (non-hydrogen) atoms. The first kappa shape index (κ1) is 35.1. The lowest BCUT2D eigenvalue weighted by atomic mass is 9.90. The Morgan fingerprint density at radius 2 is 1.62 bits per heavy atom. The third-order valence-electron chi connectivity index (χ3n) is 6.69. The number of hydrogen-bond acceptors (Lipinski definition) is 6. The van der Waals surface area contributed by atoms with Crippen molar-refractivity contribution in [3.63, 3.8) is 0 Å². The number of amides is 2. The quantitative estimate of drug-likeness (QED) is 0.221. The number of carbonyl (C=O) groups is 2. The molecule has 0 saturated carbocycles. The Hall–Kier alpha value is -2.91. The van der Waals surface area contributed by atoms with Crippen LogP contribution in [0.1, 0.15) is 38.4 Å². The normalized spacial score (nSPS) is 13.9. The highest BCUT2D eigenvalue weighted by Gasteiger charge is 2.45. The van der Waals surface area contributed by atoms with E-state index in [4.69, 9.17) is 4.74 Å². The SMILES string of the molecule is CCN1C(=O)C(C)(C)C(=O)N(C)c2cc(OCCCN(Cc3ccncc3)Cc3ccccn3)ccc21.Cl.Cl.Cl. The van der Waals surface area contributed by atoms with Gasteiger partial charge in [-0.2, -0.15) is 0 Å². The molecule has 11 heteroatoms. The summed E-state index contributed by atoms with van der Waals surface area (Å²) in [4.78, 5) is 40.3. The summed E-state index contributed by atoms with van der Waals surface area (Å²) in [7, 11) is 1.72. The minimum atomic E-state index is -1.13. The van der Waals surface area contributed by atoms with Crippen LogP contribution in [0, 0.1) is 5.41 Å². The van der Waals surface area contributed by atoms with E-state index in [1.165, 1.54) is 5.56 Å². The maximum atomic E-state index is 13.1. The molecule has 0 unspecified atom stereocenters. The average molecular weight is 611 g/mol. The standard InChI is InChI=1S/C29H35N5O3.3ClH/c1-5-34-25-11-10-24(19-26(25)32(4)27(35)29(2,3)28(34)36)37-18-8-17-33(20-22-12-15-30-16-13-22)21-23-9-6-7-14-31-23;;;/h6-7,9-16,19H,5,8,17-18,20-21H2,1-4H3;3*1H. The molecule has 0 fully saturated rings. The van der Waals surface area contributed by atoms with Gasteiger partial charge in [-0.25, -0.2) is 0 Å². The molecule has 0 radical (unpaired) electrons. The van der Waals surface area contributed by atoms with Crippen molar-refractivity contribution in [1.29, 1.82) is 0 Å². The van der Waals surface area contributed by atoms with Crippen molar-refractivity contribution in [2.24, 2.45) is 5.41 Å². The third-order valence-corrected chi connectivity index (χ3v) is 6.69. The van der Waals surface area contributed by atoms with E-state index < -0.39 is 5.41 Å². The fraction of sp³-hybridized carbons (Fsp3) is 0.379. The van der Waals surface area contributed by atoms with Crippen LogP contribution >= 0.6 is 37.2 Å². The van der Waals surface area contributed by atoms with Gasteiger partial charge in [0.05, 0.1) is 23.7 Å². The zero-order valence-electron chi connectivity index (χ0n) is 23.3. The highest BCUT2D eigenvalue weighted by atomic mass is 35.5. The van der Waals surface area contributed by atoms with E-state index in [-0.39, 0.29) is 49.0 Å². The van der Waals surface area contributed by atoms with E-state index in [2.05, 4.69) is 14.9 Å². The van der Waals surface area contributed by atoms with E-state index >= 15 is 0 Å². The summed E-state index contributed by atoms with van der Waals surface area (Å²) in [6, 6.07) is 15.6. The van der Waals surface area contributed by atoms with Crippen molar-refractivity contribution >= 4 is 60.4 Å². The average Bonchev–Trinajstić information content (AvgIpc) is 2.96. The van der Waals surface area contributed by atoms with Crippen molar-refractivity contribution in [3.8, 4) is 5.75 Å². The Bertz CT molecular complexity index is 1190. The highest BCUT2D eigenvalue weighted by molar-refractivity contribution is 6.20. The van der Waals surface area contributed by atoms with Crippen LogP contribution in [0.15, 0.2) is 67.1 Å². The van der Waals surface area contributed by atoms with Gasteiger partial charge >= 0.3 is 0 Å². The number of fused-ring (bicyclic) bond motifs is 1. The van der Waals surface area contributed by atoms with E-state index in [1.807, 2.05) is 74.0 Å². The second-order valence-corrected chi connectivity index (χ2v) is 9.78. The number of hydrogen-bond donors (Lipinski definition) is 0. The van der Waals surface area contributed by atoms with Crippen LogP contribution in [0.4, 0.5) is 11.4 Å². The number of pyridine rings is 2. The minimum Gasteiger partial charge on any atom is -0.493 e. The maximum Gasteiger partial charge on any atom is 0.242 e. The number of ether oxygens (including phenoxy) is 1. The zero-order valence-corrected chi connectivity index (χ0v) is 25.7. The first-order valence-corrected chi connectivity index (χ1v) is 12.7. The molecule has 1 aromatic carbocycles. The molecule has 3 heterocycles. The van der Waals surface area contributed by atoms with Gasteiger partial charge in [0, 0.05) is 57.9 Å². The van der Waals surface area contributed by atoms with Crippen LogP contribution in [-0.4, -0.2) is 53.4 Å². The largest absolute Gasteiger partial charge is 0.493 e. The van der Waals surface area contributed by atoms with Gasteiger partial charge < -0.3 is 14.5 Å². The molecule has 1 aliphatic rings. The van der Waals surface area contributed by atoms with Crippen molar-refractivity contribution in [3.05, 3.63) is 78.4 Å². The lowest BCUT2D eigenvalue weighted by Crippen LogP contribution is -2.47. The number of carbonyl (C=O) groups excluding carboxylic acids is 2. The molecule has 218 valence electrons. The lowest BCUT2D eigenvalue weighted by Gasteiger charge is -2.27. The molecule has 0 N–H and O–H groups in total. The fourth-order valence-electron chi connectivity index (χ4n) is 4.63. The molecule has 1 aliphatic heterocycles. The van der Waals surface area contributed by atoms with Crippen LogP contribution in [0.2, 0.25) is 0 Å². The van der Waals surface area contributed by atoms with Gasteiger partial charge in [-0.05, 0) is 69.2 Å². The van der Waals surface area contributed by atoms with Crippen molar-refractivity contribution in [2.75, 3.05) is 36.5 Å². The molecule has 0 spiro atoms. The monoisotopic (exact) mass is 609 g/mol. The van der Waals surface area contributed by atoms with E-state index in [9.17, 15) is 9.59 Å². The van der Waals surface area contributed by atoms with Gasteiger partial charge in [0.25, 0.3) is 0 Å². The van der Waals surface area contributed by atoms with Gasteiger partial charge in [0.15, 0.2) is 0 Å². The molecule has 0 atom stereocenters. The number of halogens is 3. The maximum absolute atomic E-state index is 13.1. The summed E-state index contributed by atoms with van der Waals surface area (Å²) in [5.41, 5.74) is 2.49. The summed E-state index contributed by atoms with van der Waals surface area (Å²) in [5, 5.41) is 0. The Balaban J connectivity index is 0.00000267. The summed E-state index contributed by atoms with van der Waals surface area (Å²) in [6.45, 7) is 8.65. The van der Waals surface area contributed by atoms with Crippen LogP contribution in [0.5, 0.6) is 5.75 Å². The minimum absolute atomic E-state index is 0. The Kier molecular flexibility index (Phi) is 13.8. The second-order valence-electron chi connectivity index (χ2n) is 9.78. The highest BCUT2D eigenvalue weighted by Crippen LogP contribution is 2.40. The van der Waals surface area contributed by atoms with Crippen molar-refractivity contribution in [1.82, 2.24) is 14.9 Å². The molecule has 3 aromatic rings. The Labute approximate surface area is 255 Å². The third kappa shape index (κ3) is 8.07. The van der Waals surface area contributed by atoms with Gasteiger partial charge in [-0.1, -0.05) is 6.07 Å². The van der Waals surface area contributed by atoms with Gasteiger partial charge in [0.2, 0.25) is 11.8 Å². The number of anilines is 2. The fourth-order valence-corrected chi connectivity index (χ4v) is 4.63. The smallest absolute Gasteiger partial charge is 0.242 e. The number of rotatable bonds is 10. The predicted molar refractivity (Wildman–Crippen MR) is 166 cm³/mol. The summed E-state index contributed by atoms with van der Waals surface area (Å²) < 4.78 is 6.10. The molecule has 4 rings (SSSR count). The van der Waals surface area contributed by atoms with Crippen molar-refractivity contribution in [2.45, 2.75) is 40.3 Å². The summed E-state index contributed by atoms with van der Waals surface area (Å²) in [5.74, 6) is 0.251. The first-order chi connectivity index (χ1) is 17.8. The van der Waals surface area contributed by atoms with Gasteiger partial charge in [-0.15, -0.1) is 37.2 Å². The molecule has 8 nitrogen and oxygen atoms in total. The van der Waals surface area contributed by atoms with E-state index in [0.29, 0.717) is 24.6 Å². The van der Waals surface area contributed by atoms with Gasteiger partial charge in [0.1, 0.15) is 11.2 Å². The predicted octanol–water partition coefficient (Wildman–Crippen LogP) is 5.57. The molecular weight excluding hydrogens is 573 g/mol. The van der Waals surface area contributed by atoms with Crippen LogP contribution in [-0.2, 0) is 22.7 Å². The van der Waals surface area contributed by atoms with Gasteiger partial charge in [-0.3, -0.25) is 24.5 Å². The Morgan fingerprint density at radius 3 is 2.27 bits per heavy atom. The number of benzene rings is 1. The Morgan fingerprint density at radius 1 is 0.900 bits per heavy atom. The zero-order chi connectivity index (χ0) is 26.4. The summed E-state index contributed by atoms with van der Waals surface area (Å²) >= 11 is 0. The molecular formula is C29H38Cl3N5O3. The molecule has 2 amide bonds. The topological polar surface area (TPSA) is 78.9 Å². The number of aromatic nitrogens is 2. The lowest BCUT2D eigenvalue weighted by molar-refractivity contribution is -0.137.